The van der Waals surface area contributed by atoms with Crippen molar-refractivity contribution < 1.29 is 27.8 Å². The van der Waals surface area contributed by atoms with Crippen LogP contribution in [0.1, 0.15) is 45.2 Å². The number of nitrogens with one attached hydrogen (secondary N) is 1. The second-order valence-electron chi connectivity index (χ2n) is 9.01. The summed E-state index contributed by atoms with van der Waals surface area (Å²) >= 11 is 0. The summed E-state index contributed by atoms with van der Waals surface area (Å²) < 4.78 is 41.1. The molecule has 38 heavy (non-hydrogen) atoms. The monoisotopic (exact) mass is 520 g/mol. The Hall–Kier alpha value is -4.47. The minimum absolute atomic E-state index is 0.163. The van der Waals surface area contributed by atoms with E-state index < -0.39 is 23.1 Å². The van der Waals surface area contributed by atoms with Crippen LogP contribution in [-0.2, 0) is 0 Å². The maximum absolute atomic E-state index is 14.8. The van der Waals surface area contributed by atoms with Crippen molar-refractivity contribution in [3.05, 3.63) is 89.2 Å². The standard InChI is InChI=1S/C28H26F2N4O4/c1-37-22-16-23(38-2)26(30)24(25(22)29)28(36)33-14-11-18(12-15-33)17-6-8-19(9-7-17)32-27(35)21-5-3-4-20-10-13-31-34(20)21/h3-10,13,16,18H,11-12,14-15H2,1-2H3,(H,32,35). The van der Waals surface area contributed by atoms with Crippen LogP contribution in [0.4, 0.5) is 14.5 Å². The number of anilines is 1. The molecular formula is C28H26F2N4O4. The molecule has 1 N–H and O–H groups in total. The zero-order valence-corrected chi connectivity index (χ0v) is 20.9. The quantitative estimate of drug-likeness (QED) is 0.391. The van der Waals surface area contributed by atoms with Crippen molar-refractivity contribution in [3.8, 4) is 11.5 Å². The lowest BCUT2D eigenvalue weighted by molar-refractivity contribution is 0.0701. The number of amides is 2. The van der Waals surface area contributed by atoms with Gasteiger partial charge in [0.2, 0.25) is 0 Å². The van der Waals surface area contributed by atoms with Crippen LogP contribution < -0.4 is 14.8 Å². The van der Waals surface area contributed by atoms with Crippen molar-refractivity contribution >= 4 is 23.0 Å². The van der Waals surface area contributed by atoms with E-state index in [1.54, 1.807) is 22.8 Å². The molecule has 1 fully saturated rings. The number of piperidine rings is 1. The maximum Gasteiger partial charge on any atom is 0.274 e. The molecule has 5 rings (SSSR count). The van der Waals surface area contributed by atoms with Crippen molar-refractivity contribution in [2.24, 2.45) is 0 Å². The molecule has 0 atom stereocenters. The van der Waals surface area contributed by atoms with E-state index in [0.29, 0.717) is 37.3 Å². The summed E-state index contributed by atoms with van der Waals surface area (Å²) in [5.74, 6) is -3.44. The minimum Gasteiger partial charge on any atom is -0.494 e. The van der Waals surface area contributed by atoms with Crippen molar-refractivity contribution in [1.29, 1.82) is 0 Å². The lowest BCUT2D eigenvalue weighted by Crippen LogP contribution is -2.38. The Kier molecular flexibility index (Phi) is 6.95. The van der Waals surface area contributed by atoms with Crippen LogP contribution >= 0.6 is 0 Å². The van der Waals surface area contributed by atoms with E-state index in [9.17, 15) is 18.4 Å². The molecule has 2 aromatic heterocycles. The molecule has 1 saturated heterocycles. The van der Waals surface area contributed by atoms with Gasteiger partial charge in [-0.3, -0.25) is 9.59 Å². The highest BCUT2D eigenvalue weighted by Gasteiger charge is 2.31. The number of carbonyl (C=O) groups excluding carboxylic acids is 2. The number of methoxy groups -OCH3 is 2. The predicted octanol–water partition coefficient (Wildman–Crippen LogP) is 4.90. The first-order chi connectivity index (χ1) is 18.4. The molecule has 0 radical (unpaired) electrons. The molecule has 1 aliphatic heterocycles. The number of aromatic nitrogens is 2. The lowest BCUT2D eigenvalue weighted by atomic mass is 9.89. The van der Waals surface area contributed by atoms with Crippen molar-refractivity contribution in [3.63, 3.8) is 0 Å². The number of hydrogen-bond donors (Lipinski definition) is 1. The summed E-state index contributed by atoms with van der Waals surface area (Å²) in [6.07, 6.45) is 2.90. The number of hydrogen-bond acceptors (Lipinski definition) is 5. The minimum atomic E-state index is -1.04. The van der Waals surface area contributed by atoms with Gasteiger partial charge in [-0.15, -0.1) is 0 Å². The van der Waals surface area contributed by atoms with E-state index in [2.05, 4.69) is 10.4 Å². The number of rotatable bonds is 6. The molecule has 8 nitrogen and oxygen atoms in total. The Morgan fingerprint density at radius 2 is 1.61 bits per heavy atom. The summed E-state index contributed by atoms with van der Waals surface area (Å²) in [4.78, 5) is 27.3. The van der Waals surface area contributed by atoms with Gasteiger partial charge in [0, 0.05) is 24.8 Å². The lowest BCUT2D eigenvalue weighted by Gasteiger charge is -2.32. The van der Waals surface area contributed by atoms with Crippen molar-refractivity contribution in [1.82, 2.24) is 14.5 Å². The molecule has 4 aromatic rings. The van der Waals surface area contributed by atoms with Crippen LogP contribution in [0.2, 0.25) is 0 Å². The van der Waals surface area contributed by atoms with Crippen LogP contribution in [0.5, 0.6) is 11.5 Å². The SMILES string of the molecule is COc1cc(OC)c(F)c(C(=O)N2CCC(c3ccc(NC(=O)c4cccc5ccnn45)cc3)CC2)c1F. The average molecular weight is 521 g/mol. The molecule has 0 unspecified atom stereocenters. The largest absolute Gasteiger partial charge is 0.494 e. The summed E-state index contributed by atoms with van der Waals surface area (Å²) in [6, 6.07) is 15.8. The van der Waals surface area contributed by atoms with E-state index in [4.69, 9.17) is 9.47 Å². The number of likely N-dealkylation sites (tertiary alicyclic amines) is 1. The van der Waals surface area contributed by atoms with Gasteiger partial charge >= 0.3 is 0 Å². The highest BCUT2D eigenvalue weighted by Crippen LogP contribution is 2.34. The normalized spacial score (nSPS) is 13.9. The first-order valence-electron chi connectivity index (χ1n) is 12.1. The molecule has 2 aromatic carbocycles. The van der Waals surface area contributed by atoms with Gasteiger partial charge in [0.15, 0.2) is 23.1 Å². The van der Waals surface area contributed by atoms with Crippen molar-refractivity contribution in [2.75, 3.05) is 32.6 Å². The molecule has 10 heteroatoms. The maximum atomic E-state index is 14.8. The fraction of sp³-hybridized carbons (Fsp3) is 0.250. The first kappa shape index (κ1) is 25.2. The third-order valence-corrected chi connectivity index (χ3v) is 6.86. The van der Waals surface area contributed by atoms with Gasteiger partial charge in [0.05, 0.1) is 25.9 Å². The highest BCUT2D eigenvalue weighted by molar-refractivity contribution is 6.03. The number of pyridine rings is 1. The Labute approximate surface area is 217 Å². The average Bonchev–Trinajstić information content (AvgIpc) is 3.43. The van der Waals surface area contributed by atoms with Crippen LogP contribution in [0, 0.1) is 11.6 Å². The van der Waals surface area contributed by atoms with Crippen molar-refractivity contribution in [2.45, 2.75) is 18.8 Å². The van der Waals surface area contributed by atoms with Gasteiger partial charge in [0.25, 0.3) is 11.8 Å². The summed E-state index contributed by atoms with van der Waals surface area (Å²) in [7, 11) is 2.48. The molecule has 1 aliphatic rings. The third-order valence-electron chi connectivity index (χ3n) is 6.86. The molecule has 3 heterocycles. The third kappa shape index (κ3) is 4.65. The molecule has 196 valence electrons. The number of ether oxygens (including phenoxy) is 2. The highest BCUT2D eigenvalue weighted by atomic mass is 19.1. The molecule has 2 amide bonds. The van der Waals surface area contributed by atoms with E-state index in [1.165, 1.54) is 19.1 Å². The van der Waals surface area contributed by atoms with E-state index in [-0.39, 0.29) is 23.3 Å². The fourth-order valence-electron chi connectivity index (χ4n) is 4.80. The zero-order chi connectivity index (χ0) is 26.8. The van der Waals surface area contributed by atoms with E-state index in [0.717, 1.165) is 17.1 Å². The van der Waals surface area contributed by atoms with Crippen LogP contribution in [0.25, 0.3) is 5.52 Å². The molecule has 0 saturated carbocycles. The number of fused-ring (bicyclic) bond motifs is 1. The zero-order valence-electron chi connectivity index (χ0n) is 20.9. The smallest absolute Gasteiger partial charge is 0.274 e. The van der Waals surface area contributed by atoms with Gasteiger partial charge in [0.1, 0.15) is 11.3 Å². The van der Waals surface area contributed by atoms with E-state index >= 15 is 0 Å². The second kappa shape index (κ2) is 10.5. The summed E-state index contributed by atoms with van der Waals surface area (Å²) in [6.45, 7) is 0.683. The summed E-state index contributed by atoms with van der Waals surface area (Å²) in [5, 5.41) is 7.09. The van der Waals surface area contributed by atoms with Gasteiger partial charge < -0.3 is 19.7 Å². The molecule has 0 spiro atoms. The Morgan fingerprint density at radius 3 is 2.24 bits per heavy atom. The molecule has 0 aliphatic carbocycles. The molecular weight excluding hydrogens is 494 g/mol. The second-order valence-corrected chi connectivity index (χ2v) is 9.01. The fourth-order valence-corrected chi connectivity index (χ4v) is 4.80. The topological polar surface area (TPSA) is 85.2 Å². The van der Waals surface area contributed by atoms with Crippen LogP contribution in [-0.4, -0.2) is 53.6 Å². The number of nitrogens with zero attached hydrogens (tertiary/aromatic N) is 3. The van der Waals surface area contributed by atoms with Gasteiger partial charge in [-0.25, -0.2) is 13.3 Å². The predicted molar refractivity (Wildman–Crippen MR) is 137 cm³/mol. The van der Waals surface area contributed by atoms with Crippen LogP contribution in [0.15, 0.2) is 60.8 Å². The van der Waals surface area contributed by atoms with Gasteiger partial charge in [-0.05, 0) is 54.7 Å². The number of halogens is 2. The summed E-state index contributed by atoms with van der Waals surface area (Å²) in [5.41, 5.74) is 2.28. The van der Waals surface area contributed by atoms with E-state index in [1.807, 2.05) is 36.4 Å². The van der Waals surface area contributed by atoms with Gasteiger partial charge in [-0.1, -0.05) is 18.2 Å². The Balaban J connectivity index is 1.23. The number of benzene rings is 2. The number of carbonyl (C=O) groups is 2. The Morgan fingerprint density at radius 1 is 0.947 bits per heavy atom. The molecule has 0 bridgehead atoms. The van der Waals surface area contributed by atoms with Crippen LogP contribution in [0.3, 0.4) is 0 Å². The first-order valence-corrected chi connectivity index (χ1v) is 12.1. The Bertz CT molecular complexity index is 1470. The van der Waals surface area contributed by atoms with Gasteiger partial charge in [-0.2, -0.15) is 5.10 Å².